The number of benzene rings is 2. The number of aromatic nitrogens is 1. The Morgan fingerprint density at radius 1 is 0.821 bits per heavy atom. The van der Waals surface area contributed by atoms with Gasteiger partial charge in [-0.25, -0.2) is 4.98 Å². The third-order valence-corrected chi connectivity index (χ3v) is 3.90. The molecule has 3 nitrogen and oxygen atoms in total. The number of nitrogens with zero attached hydrogens (tertiary/aromatic N) is 1. The molecule has 0 aliphatic carbocycles. The smallest absolute Gasteiger partial charge is 0.419 e. The lowest BCUT2D eigenvalue weighted by atomic mass is 10.0. The first-order valence-corrected chi connectivity index (χ1v) is 7.85. The van der Waals surface area contributed by atoms with Crippen molar-refractivity contribution in [3.8, 4) is 16.9 Å². The highest BCUT2D eigenvalue weighted by Crippen LogP contribution is 2.39. The van der Waals surface area contributed by atoms with Gasteiger partial charge in [-0.2, -0.15) is 26.3 Å². The van der Waals surface area contributed by atoms with Crippen LogP contribution in [0.15, 0.2) is 60.8 Å². The van der Waals surface area contributed by atoms with Gasteiger partial charge >= 0.3 is 12.4 Å². The highest BCUT2D eigenvalue weighted by Gasteiger charge is 2.34. The van der Waals surface area contributed by atoms with Crippen LogP contribution in [0.25, 0.3) is 11.1 Å². The molecule has 0 bridgehead atoms. The Balaban J connectivity index is 1.97. The highest BCUT2D eigenvalue weighted by atomic mass is 19.4. The maximum atomic E-state index is 13.0. The molecule has 1 aromatic heterocycles. The summed E-state index contributed by atoms with van der Waals surface area (Å²) in [5, 5.41) is 12.3. The Bertz CT molecular complexity index is 981. The van der Waals surface area contributed by atoms with Gasteiger partial charge in [0.15, 0.2) is 0 Å². The van der Waals surface area contributed by atoms with E-state index in [1.807, 2.05) is 0 Å². The van der Waals surface area contributed by atoms with Crippen molar-refractivity contribution >= 4 is 11.5 Å². The van der Waals surface area contributed by atoms with Crippen molar-refractivity contribution in [3.05, 3.63) is 71.9 Å². The summed E-state index contributed by atoms with van der Waals surface area (Å²) >= 11 is 0. The fraction of sp³-hybridized carbons (Fsp3) is 0.105. The molecule has 3 aromatic rings. The molecule has 0 saturated carbocycles. The van der Waals surface area contributed by atoms with E-state index in [-0.39, 0.29) is 22.6 Å². The SMILES string of the molecule is Oc1ccc(-c2cccnc2Nc2ccc(C(F)(F)F)cc2)cc1C(F)(F)F. The van der Waals surface area contributed by atoms with Crippen LogP contribution in [0.4, 0.5) is 37.8 Å². The second-order valence-corrected chi connectivity index (χ2v) is 5.83. The zero-order valence-electron chi connectivity index (χ0n) is 13.9. The fourth-order valence-corrected chi connectivity index (χ4v) is 2.55. The molecule has 1 heterocycles. The van der Waals surface area contributed by atoms with Gasteiger partial charge in [0, 0.05) is 17.4 Å². The first-order chi connectivity index (χ1) is 13.1. The largest absolute Gasteiger partial charge is 0.507 e. The number of nitrogens with one attached hydrogen (secondary N) is 1. The van der Waals surface area contributed by atoms with Crippen LogP contribution < -0.4 is 5.32 Å². The van der Waals surface area contributed by atoms with E-state index in [1.54, 1.807) is 0 Å². The number of anilines is 2. The molecule has 9 heteroatoms. The third-order valence-electron chi connectivity index (χ3n) is 3.90. The molecular formula is C19H12F6N2O. The number of alkyl halides is 6. The molecule has 0 saturated heterocycles. The summed E-state index contributed by atoms with van der Waals surface area (Å²) in [7, 11) is 0. The Labute approximate surface area is 155 Å². The van der Waals surface area contributed by atoms with E-state index in [1.165, 1.54) is 36.5 Å². The van der Waals surface area contributed by atoms with Crippen molar-refractivity contribution in [3.63, 3.8) is 0 Å². The maximum absolute atomic E-state index is 13.0. The standard InChI is InChI=1S/C19H12F6N2O/c20-18(21,22)12-4-6-13(7-5-12)27-17-14(2-1-9-26-17)11-3-8-16(28)15(10-11)19(23,24)25/h1-10,28H,(H,26,27). The van der Waals surface area contributed by atoms with Crippen LogP contribution in [-0.2, 0) is 12.4 Å². The molecule has 2 N–H and O–H groups in total. The van der Waals surface area contributed by atoms with Gasteiger partial charge in [-0.1, -0.05) is 6.07 Å². The lowest BCUT2D eigenvalue weighted by Gasteiger charge is -2.14. The Kier molecular flexibility index (Phi) is 4.93. The van der Waals surface area contributed by atoms with Crippen LogP contribution in [0.2, 0.25) is 0 Å². The van der Waals surface area contributed by atoms with Crippen molar-refractivity contribution in [2.75, 3.05) is 5.32 Å². The van der Waals surface area contributed by atoms with Gasteiger partial charge in [0.1, 0.15) is 11.6 Å². The lowest BCUT2D eigenvalue weighted by Crippen LogP contribution is -2.06. The van der Waals surface area contributed by atoms with E-state index >= 15 is 0 Å². The summed E-state index contributed by atoms with van der Waals surface area (Å²) in [5.41, 5.74) is -1.33. The number of hydrogen-bond acceptors (Lipinski definition) is 3. The van der Waals surface area contributed by atoms with E-state index in [4.69, 9.17) is 0 Å². The fourth-order valence-electron chi connectivity index (χ4n) is 2.55. The number of halogens is 6. The molecule has 2 aromatic carbocycles. The average molecular weight is 398 g/mol. The minimum atomic E-state index is -4.75. The van der Waals surface area contributed by atoms with Crippen LogP contribution in [0, 0.1) is 0 Å². The number of aromatic hydroxyl groups is 1. The van der Waals surface area contributed by atoms with E-state index in [0.717, 1.165) is 24.3 Å². The molecule has 0 unspecified atom stereocenters. The Morgan fingerprint density at radius 3 is 2.11 bits per heavy atom. The molecule has 0 aliphatic rings. The van der Waals surface area contributed by atoms with Gasteiger partial charge in [-0.05, 0) is 54.1 Å². The molecule has 0 fully saturated rings. The van der Waals surface area contributed by atoms with E-state index in [0.29, 0.717) is 0 Å². The number of rotatable bonds is 3. The topological polar surface area (TPSA) is 45.2 Å². The molecule has 0 aliphatic heterocycles. The Hall–Kier alpha value is -3.23. The van der Waals surface area contributed by atoms with Crippen molar-refractivity contribution in [1.29, 1.82) is 0 Å². The first kappa shape index (κ1) is 19.5. The van der Waals surface area contributed by atoms with Crippen molar-refractivity contribution in [2.45, 2.75) is 12.4 Å². The summed E-state index contributed by atoms with van der Waals surface area (Å²) in [4.78, 5) is 4.06. The maximum Gasteiger partial charge on any atom is 0.419 e. The summed E-state index contributed by atoms with van der Waals surface area (Å²) in [6, 6.07) is 10.2. The van der Waals surface area contributed by atoms with Crippen LogP contribution in [-0.4, -0.2) is 10.1 Å². The van der Waals surface area contributed by atoms with Crippen LogP contribution in [0.1, 0.15) is 11.1 Å². The van der Waals surface area contributed by atoms with Crippen LogP contribution >= 0.6 is 0 Å². The number of phenolic OH excluding ortho intramolecular Hbond substituents is 1. The second kappa shape index (κ2) is 7.06. The van der Waals surface area contributed by atoms with Gasteiger partial charge in [-0.15, -0.1) is 0 Å². The van der Waals surface area contributed by atoms with Gasteiger partial charge in [0.05, 0.1) is 11.1 Å². The third kappa shape index (κ3) is 4.19. The number of hydrogen-bond donors (Lipinski definition) is 2. The van der Waals surface area contributed by atoms with E-state index in [9.17, 15) is 31.4 Å². The van der Waals surface area contributed by atoms with E-state index < -0.39 is 29.2 Å². The predicted molar refractivity (Wildman–Crippen MR) is 91.1 cm³/mol. The molecule has 28 heavy (non-hydrogen) atoms. The lowest BCUT2D eigenvalue weighted by molar-refractivity contribution is -0.139. The predicted octanol–water partition coefficient (Wildman–Crippen LogP) is 6.24. The van der Waals surface area contributed by atoms with Crippen molar-refractivity contribution in [1.82, 2.24) is 4.98 Å². The van der Waals surface area contributed by atoms with Crippen molar-refractivity contribution < 1.29 is 31.4 Å². The van der Waals surface area contributed by atoms with E-state index in [2.05, 4.69) is 10.3 Å². The van der Waals surface area contributed by atoms with Gasteiger partial charge in [-0.3, -0.25) is 0 Å². The zero-order valence-corrected chi connectivity index (χ0v) is 13.9. The molecule has 0 amide bonds. The number of phenols is 1. The average Bonchev–Trinajstić information content (AvgIpc) is 2.61. The number of pyridine rings is 1. The molecular weight excluding hydrogens is 386 g/mol. The molecule has 146 valence electrons. The molecule has 0 atom stereocenters. The summed E-state index contributed by atoms with van der Waals surface area (Å²) in [6.07, 6.45) is -7.83. The quantitative estimate of drug-likeness (QED) is 0.514. The second-order valence-electron chi connectivity index (χ2n) is 5.83. The summed E-state index contributed by atoms with van der Waals surface area (Å²) in [6.45, 7) is 0. The molecule has 3 rings (SSSR count). The zero-order chi connectivity index (χ0) is 20.5. The summed E-state index contributed by atoms with van der Waals surface area (Å²) in [5.74, 6) is -0.751. The highest BCUT2D eigenvalue weighted by molar-refractivity contribution is 5.79. The van der Waals surface area contributed by atoms with Gasteiger partial charge < -0.3 is 10.4 Å². The Morgan fingerprint density at radius 2 is 1.50 bits per heavy atom. The van der Waals surface area contributed by atoms with Crippen LogP contribution in [0.3, 0.4) is 0 Å². The summed E-state index contributed by atoms with van der Waals surface area (Å²) < 4.78 is 77.1. The van der Waals surface area contributed by atoms with Crippen molar-refractivity contribution in [2.24, 2.45) is 0 Å². The van der Waals surface area contributed by atoms with Crippen LogP contribution in [0.5, 0.6) is 5.75 Å². The minimum Gasteiger partial charge on any atom is -0.507 e. The normalized spacial score (nSPS) is 12.1. The molecule has 0 spiro atoms. The van der Waals surface area contributed by atoms with Gasteiger partial charge in [0.25, 0.3) is 0 Å². The van der Waals surface area contributed by atoms with Gasteiger partial charge in [0.2, 0.25) is 0 Å². The molecule has 0 radical (unpaired) electrons. The minimum absolute atomic E-state index is 0.132. The monoisotopic (exact) mass is 398 g/mol. The first-order valence-electron chi connectivity index (χ1n) is 7.85.